The minimum Gasteiger partial charge on any atom is -0.459 e. The first-order chi connectivity index (χ1) is 15.4. The van der Waals surface area contributed by atoms with E-state index in [2.05, 4.69) is 20.3 Å². The molecule has 0 bridgehead atoms. The van der Waals surface area contributed by atoms with Crippen LogP contribution in [0.15, 0.2) is 87.8 Å². The molecule has 0 fully saturated rings. The van der Waals surface area contributed by atoms with Gasteiger partial charge < -0.3 is 15.1 Å². The predicted octanol–water partition coefficient (Wildman–Crippen LogP) is 4.04. The molecular formula is C21H16N4O5S2. The molecule has 9 nitrogen and oxygen atoms in total. The topological polar surface area (TPSA) is 130 Å². The van der Waals surface area contributed by atoms with E-state index in [1.165, 1.54) is 48.1 Å². The molecule has 162 valence electrons. The summed E-state index contributed by atoms with van der Waals surface area (Å²) in [5.41, 5.74) is 1.30. The maximum absolute atomic E-state index is 12.5. The van der Waals surface area contributed by atoms with Crippen LogP contribution >= 0.6 is 11.3 Å². The van der Waals surface area contributed by atoms with Crippen LogP contribution < -0.4 is 15.4 Å². The Morgan fingerprint density at radius 2 is 1.53 bits per heavy atom. The van der Waals surface area contributed by atoms with Crippen molar-refractivity contribution in [1.29, 1.82) is 0 Å². The second-order valence-corrected chi connectivity index (χ2v) is 9.01. The molecule has 2 aromatic heterocycles. The molecule has 4 rings (SSSR count). The monoisotopic (exact) mass is 468 g/mol. The summed E-state index contributed by atoms with van der Waals surface area (Å²) in [6, 6.07) is 15.2. The predicted molar refractivity (Wildman–Crippen MR) is 120 cm³/mol. The Hall–Kier alpha value is -3.96. The Kier molecular flexibility index (Phi) is 6.01. The van der Waals surface area contributed by atoms with Gasteiger partial charge in [-0.25, -0.2) is 13.4 Å². The second-order valence-electron chi connectivity index (χ2n) is 6.43. The minimum atomic E-state index is -3.77. The van der Waals surface area contributed by atoms with Crippen molar-refractivity contribution in [3.05, 3.63) is 89.8 Å². The summed E-state index contributed by atoms with van der Waals surface area (Å²) in [4.78, 5) is 28.4. The molecule has 11 heteroatoms. The van der Waals surface area contributed by atoms with Crippen LogP contribution in [0.4, 0.5) is 16.5 Å². The van der Waals surface area contributed by atoms with E-state index in [-0.39, 0.29) is 21.7 Å². The number of nitrogens with zero attached hydrogens (tertiary/aromatic N) is 1. The Morgan fingerprint density at radius 3 is 2.12 bits per heavy atom. The van der Waals surface area contributed by atoms with Crippen molar-refractivity contribution in [3.8, 4) is 0 Å². The maximum Gasteiger partial charge on any atom is 0.291 e. The zero-order valence-electron chi connectivity index (χ0n) is 16.3. The number of furan rings is 1. The molecular weight excluding hydrogens is 452 g/mol. The second kappa shape index (κ2) is 9.04. The highest BCUT2D eigenvalue weighted by Gasteiger charge is 2.16. The Bertz CT molecular complexity index is 1320. The maximum atomic E-state index is 12.5. The van der Waals surface area contributed by atoms with Crippen molar-refractivity contribution in [2.24, 2.45) is 0 Å². The number of carbonyl (C=O) groups excluding carboxylic acids is 2. The van der Waals surface area contributed by atoms with Crippen LogP contribution in [0.1, 0.15) is 20.9 Å². The summed E-state index contributed by atoms with van der Waals surface area (Å²) in [6.45, 7) is 0. The van der Waals surface area contributed by atoms with Gasteiger partial charge in [-0.05, 0) is 60.7 Å². The van der Waals surface area contributed by atoms with Gasteiger partial charge in [-0.3, -0.25) is 14.3 Å². The van der Waals surface area contributed by atoms with Crippen molar-refractivity contribution in [3.63, 3.8) is 0 Å². The number of nitrogens with one attached hydrogen (secondary N) is 3. The van der Waals surface area contributed by atoms with E-state index >= 15 is 0 Å². The molecule has 0 aliphatic heterocycles. The van der Waals surface area contributed by atoms with Crippen LogP contribution in [-0.4, -0.2) is 25.2 Å². The minimum absolute atomic E-state index is 0.0438. The zero-order valence-corrected chi connectivity index (χ0v) is 17.9. The van der Waals surface area contributed by atoms with Crippen LogP contribution in [0, 0.1) is 0 Å². The SMILES string of the molecule is O=C(Nc1ccc(S(=O)(=O)Nc2nccs2)cc1)c1ccc(NC(=O)c2ccco2)cc1. The van der Waals surface area contributed by atoms with Crippen molar-refractivity contribution in [1.82, 2.24) is 4.98 Å². The first-order valence-electron chi connectivity index (χ1n) is 9.19. The highest BCUT2D eigenvalue weighted by atomic mass is 32.2. The smallest absolute Gasteiger partial charge is 0.291 e. The molecule has 0 saturated carbocycles. The zero-order chi connectivity index (χ0) is 22.6. The molecule has 2 amide bonds. The normalized spacial score (nSPS) is 11.0. The molecule has 0 spiro atoms. The van der Waals surface area contributed by atoms with Crippen LogP contribution in [0.5, 0.6) is 0 Å². The molecule has 4 aromatic rings. The van der Waals surface area contributed by atoms with Crippen LogP contribution in [0.2, 0.25) is 0 Å². The standard InChI is InChI=1S/C21H16N4O5S2/c26-19(14-3-5-15(6-4-14)24-20(27)18-2-1-12-30-18)23-16-7-9-17(10-8-16)32(28,29)25-21-22-11-13-31-21/h1-13H,(H,22,25)(H,23,26)(H,24,27). The molecule has 2 heterocycles. The number of hydrogen-bond donors (Lipinski definition) is 3. The average molecular weight is 469 g/mol. The molecule has 0 saturated heterocycles. The summed E-state index contributed by atoms with van der Waals surface area (Å²) in [5, 5.41) is 7.30. The highest BCUT2D eigenvalue weighted by Crippen LogP contribution is 2.20. The molecule has 2 aromatic carbocycles. The lowest BCUT2D eigenvalue weighted by Gasteiger charge is -2.09. The summed E-state index contributed by atoms with van der Waals surface area (Å²) in [5.74, 6) is -0.601. The van der Waals surface area contributed by atoms with Gasteiger partial charge in [0.25, 0.3) is 21.8 Å². The van der Waals surface area contributed by atoms with E-state index in [1.54, 1.807) is 41.8 Å². The van der Waals surface area contributed by atoms with Gasteiger partial charge in [0.2, 0.25) is 0 Å². The third-order valence-electron chi connectivity index (χ3n) is 4.23. The van der Waals surface area contributed by atoms with Crippen molar-refractivity contribution in [2.75, 3.05) is 15.4 Å². The third kappa shape index (κ3) is 5.02. The molecule has 0 aliphatic carbocycles. The van der Waals surface area contributed by atoms with Gasteiger partial charge in [0, 0.05) is 28.5 Å². The van der Waals surface area contributed by atoms with Crippen molar-refractivity contribution >= 4 is 49.7 Å². The number of carbonyl (C=O) groups is 2. The van der Waals surface area contributed by atoms with E-state index in [0.29, 0.717) is 16.9 Å². The van der Waals surface area contributed by atoms with E-state index in [0.717, 1.165) is 0 Å². The fraction of sp³-hybridized carbons (Fsp3) is 0. The number of anilines is 3. The van der Waals surface area contributed by atoms with Crippen LogP contribution in [-0.2, 0) is 10.0 Å². The molecule has 0 aliphatic rings. The summed E-state index contributed by atoms with van der Waals surface area (Å²) in [6.07, 6.45) is 2.91. The molecule has 0 unspecified atom stereocenters. The number of amides is 2. The number of rotatable bonds is 7. The van der Waals surface area contributed by atoms with Gasteiger partial charge in [0.05, 0.1) is 11.2 Å². The molecule has 3 N–H and O–H groups in total. The number of benzene rings is 2. The lowest BCUT2D eigenvalue weighted by Crippen LogP contribution is -2.14. The lowest BCUT2D eigenvalue weighted by molar-refractivity contribution is 0.0995. The fourth-order valence-corrected chi connectivity index (χ4v) is 4.46. The van der Waals surface area contributed by atoms with Crippen molar-refractivity contribution < 1.29 is 22.4 Å². The van der Waals surface area contributed by atoms with E-state index in [4.69, 9.17) is 4.42 Å². The van der Waals surface area contributed by atoms with Crippen LogP contribution in [0.3, 0.4) is 0 Å². The first-order valence-corrected chi connectivity index (χ1v) is 11.6. The summed E-state index contributed by atoms with van der Waals surface area (Å²) >= 11 is 1.17. The van der Waals surface area contributed by atoms with Gasteiger partial charge in [-0.15, -0.1) is 11.3 Å². The first kappa shape index (κ1) is 21.3. The van der Waals surface area contributed by atoms with Crippen molar-refractivity contribution in [2.45, 2.75) is 4.90 Å². The number of aromatic nitrogens is 1. The fourth-order valence-electron chi connectivity index (χ4n) is 2.67. The van der Waals surface area contributed by atoms with Gasteiger partial charge in [-0.1, -0.05) is 0 Å². The third-order valence-corrected chi connectivity index (χ3v) is 6.40. The van der Waals surface area contributed by atoms with E-state index < -0.39 is 15.9 Å². The molecule has 0 atom stereocenters. The Balaban J connectivity index is 1.38. The van der Waals surface area contributed by atoms with Gasteiger partial charge in [0.15, 0.2) is 10.9 Å². The van der Waals surface area contributed by atoms with E-state index in [1.807, 2.05) is 0 Å². The summed E-state index contributed by atoms with van der Waals surface area (Å²) in [7, 11) is -3.77. The lowest BCUT2D eigenvalue weighted by atomic mass is 10.2. The number of hydrogen-bond acceptors (Lipinski definition) is 7. The summed E-state index contributed by atoms with van der Waals surface area (Å²) < 4.78 is 32.2. The largest absolute Gasteiger partial charge is 0.459 e. The Morgan fingerprint density at radius 1 is 0.875 bits per heavy atom. The average Bonchev–Trinajstić information content (AvgIpc) is 3.49. The van der Waals surface area contributed by atoms with Gasteiger partial charge >= 0.3 is 0 Å². The van der Waals surface area contributed by atoms with E-state index in [9.17, 15) is 18.0 Å². The number of thiazole rings is 1. The van der Waals surface area contributed by atoms with Crippen LogP contribution in [0.25, 0.3) is 0 Å². The Labute approximate surface area is 187 Å². The quantitative estimate of drug-likeness (QED) is 0.375. The molecule has 32 heavy (non-hydrogen) atoms. The number of sulfonamides is 1. The highest BCUT2D eigenvalue weighted by molar-refractivity contribution is 7.93. The van der Waals surface area contributed by atoms with Gasteiger partial charge in [0.1, 0.15) is 0 Å². The molecule has 0 radical (unpaired) electrons. The van der Waals surface area contributed by atoms with Gasteiger partial charge in [-0.2, -0.15) is 0 Å².